The Hall–Kier alpha value is -2.31. The Kier molecular flexibility index (Phi) is 5.11. The summed E-state index contributed by atoms with van der Waals surface area (Å²) >= 11 is 9.52. The number of halogens is 2. The summed E-state index contributed by atoms with van der Waals surface area (Å²) in [7, 11) is 0. The third-order valence-electron chi connectivity index (χ3n) is 3.51. The highest BCUT2D eigenvalue weighted by molar-refractivity contribution is 9.10. The Morgan fingerprint density at radius 3 is 2.68 bits per heavy atom. The van der Waals surface area contributed by atoms with E-state index in [4.69, 9.17) is 16.3 Å². The number of hydrogen-bond acceptors (Lipinski definition) is 3. The minimum absolute atomic E-state index is 0.193. The Morgan fingerprint density at radius 1 is 1.16 bits per heavy atom. The summed E-state index contributed by atoms with van der Waals surface area (Å²) in [5.74, 6) is 0.254. The number of carbonyl (C=O) groups excluding carboxylic acids is 2. The first kappa shape index (κ1) is 17.5. The van der Waals surface area contributed by atoms with Crippen LogP contribution in [-0.4, -0.2) is 18.4 Å². The molecular weight excluding hydrogens is 408 g/mol. The zero-order chi connectivity index (χ0) is 18.0. The molecule has 0 fully saturated rings. The number of rotatable bonds is 3. The van der Waals surface area contributed by atoms with Gasteiger partial charge >= 0.3 is 0 Å². The minimum Gasteiger partial charge on any atom is -0.488 e. The van der Waals surface area contributed by atoms with Crippen LogP contribution in [0.1, 0.15) is 12.5 Å². The summed E-state index contributed by atoms with van der Waals surface area (Å²) in [4.78, 5) is 23.5. The molecule has 0 spiro atoms. The molecule has 7 heteroatoms. The molecular formula is C18H14BrClN2O3. The van der Waals surface area contributed by atoms with Crippen molar-refractivity contribution in [3.8, 4) is 5.75 Å². The molecule has 128 valence electrons. The molecule has 0 unspecified atom stereocenters. The van der Waals surface area contributed by atoms with Crippen LogP contribution >= 0.6 is 27.5 Å². The molecule has 2 aromatic carbocycles. The van der Waals surface area contributed by atoms with E-state index < -0.39 is 0 Å². The van der Waals surface area contributed by atoms with Crippen LogP contribution in [0.15, 0.2) is 46.4 Å². The Balaban J connectivity index is 1.76. The first-order valence-electron chi connectivity index (χ1n) is 7.44. The predicted molar refractivity (Wildman–Crippen MR) is 102 cm³/mol. The van der Waals surface area contributed by atoms with Gasteiger partial charge in [-0.15, -0.1) is 0 Å². The quantitative estimate of drug-likeness (QED) is 0.768. The summed E-state index contributed by atoms with van der Waals surface area (Å²) in [6, 6.07) is 10.5. The van der Waals surface area contributed by atoms with Crippen molar-refractivity contribution in [1.29, 1.82) is 0 Å². The molecule has 3 rings (SSSR count). The van der Waals surface area contributed by atoms with Gasteiger partial charge in [0.1, 0.15) is 12.4 Å². The van der Waals surface area contributed by atoms with Gasteiger partial charge in [-0.2, -0.15) is 0 Å². The van der Waals surface area contributed by atoms with Crippen LogP contribution in [0, 0.1) is 0 Å². The second-order valence-corrected chi connectivity index (χ2v) is 6.79. The Morgan fingerprint density at radius 2 is 1.96 bits per heavy atom. The van der Waals surface area contributed by atoms with Gasteiger partial charge in [0.05, 0.1) is 16.3 Å². The molecule has 2 aromatic rings. The van der Waals surface area contributed by atoms with Crippen LogP contribution in [0.3, 0.4) is 0 Å². The molecule has 0 bridgehead atoms. The van der Waals surface area contributed by atoms with E-state index in [1.165, 1.54) is 6.92 Å². The van der Waals surface area contributed by atoms with Gasteiger partial charge in [0.15, 0.2) is 0 Å². The van der Waals surface area contributed by atoms with Gasteiger partial charge in [0, 0.05) is 22.6 Å². The summed E-state index contributed by atoms with van der Waals surface area (Å²) in [5.41, 5.74) is 2.37. The van der Waals surface area contributed by atoms with Gasteiger partial charge in [0.25, 0.3) is 5.91 Å². The predicted octanol–water partition coefficient (Wildman–Crippen LogP) is 4.48. The van der Waals surface area contributed by atoms with Crippen LogP contribution in [0.4, 0.5) is 11.4 Å². The second kappa shape index (κ2) is 7.29. The summed E-state index contributed by atoms with van der Waals surface area (Å²) < 4.78 is 6.52. The van der Waals surface area contributed by atoms with E-state index in [0.717, 1.165) is 15.8 Å². The largest absolute Gasteiger partial charge is 0.488 e. The molecule has 0 radical (unpaired) electrons. The molecule has 0 saturated heterocycles. The van der Waals surface area contributed by atoms with Crippen LogP contribution in [0.2, 0.25) is 5.02 Å². The third kappa shape index (κ3) is 4.21. The molecule has 5 nitrogen and oxygen atoms in total. The number of benzene rings is 2. The van der Waals surface area contributed by atoms with E-state index in [2.05, 4.69) is 26.6 Å². The maximum atomic E-state index is 12.5. The molecule has 0 aliphatic carbocycles. The molecule has 25 heavy (non-hydrogen) atoms. The molecule has 0 saturated carbocycles. The number of nitrogens with one attached hydrogen (secondary N) is 2. The minimum atomic E-state index is -0.269. The maximum absolute atomic E-state index is 12.5. The lowest BCUT2D eigenvalue weighted by atomic mass is 10.1. The van der Waals surface area contributed by atoms with Crippen molar-refractivity contribution in [1.82, 2.24) is 0 Å². The molecule has 1 aliphatic heterocycles. The number of hydrogen-bond donors (Lipinski definition) is 2. The van der Waals surface area contributed by atoms with Gasteiger partial charge in [-0.1, -0.05) is 27.5 Å². The van der Waals surface area contributed by atoms with E-state index in [1.54, 1.807) is 24.3 Å². The molecule has 0 atom stereocenters. The molecule has 2 amide bonds. The van der Waals surface area contributed by atoms with Gasteiger partial charge in [-0.3, -0.25) is 9.59 Å². The van der Waals surface area contributed by atoms with Crippen LogP contribution in [-0.2, 0) is 9.59 Å². The van der Waals surface area contributed by atoms with Gasteiger partial charge in [0.2, 0.25) is 5.91 Å². The van der Waals surface area contributed by atoms with Gasteiger partial charge in [-0.25, -0.2) is 0 Å². The van der Waals surface area contributed by atoms with Crippen molar-refractivity contribution in [2.75, 3.05) is 17.2 Å². The molecule has 1 heterocycles. The number of ether oxygens (including phenoxy) is 1. The fraction of sp³-hybridized carbons (Fsp3) is 0.111. The smallest absolute Gasteiger partial charge is 0.255 e. The first-order valence-corrected chi connectivity index (χ1v) is 8.61. The Bertz CT molecular complexity index is 896. The Labute approximate surface area is 158 Å². The fourth-order valence-corrected chi connectivity index (χ4v) is 2.98. The van der Waals surface area contributed by atoms with Gasteiger partial charge in [-0.05, 0) is 42.5 Å². The average molecular weight is 422 g/mol. The van der Waals surface area contributed by atoms with E-state index >= 15 is 0 Å². The highest BCUT2D eigenvalue weighted by atomic mass is 79.9. The maximum Gasteiger partial charge on any atom is 0.255 e. The van der Waals surface area contributed by atoms with Crippen molar-refractivity contribution < 1.29 is 14.3 Å². The topological polar surface area (TPSA) is 67.4 Å². The first-order chi connectivity index (χ1) is 11.9. The molecule has 2 N–H and O–H groups in total. The highest BCUT2D eigenvalue weighted by Crippen LogP contribution is 2.30. The monoisotopic (exact) mass is 420 g/mol. The van der Waals surface area contributed by atoms with Crippen molar-refractivity contribution in [2.45, 2.75) is 6.92 Å². The lowest BCUT2D eigenvalue weighted by molar-refractivity contribution is -0.114. The van der Waals surface area contributed by atoms with Crippen molar-refractivity contribution in [3.05, 3.63) is 57.0 Å². The van der Waals surface area contributed by atoms with Crippen molar-refractivity contribution >= 4 is 56.8 Å². The lowest BCUT2D eigenvalue weighted by Gasteiger charge is -2.18. The standard InChI is InChI=1S/C18H14BrClN2O3/c1-10(23)21-16-4-3-14(8-15(16)20)22-18(24)12-6-11-7-13(19)2-5-17(11)25-9-12/h2-8H,9H2,1H3,(H,21,23)(H,22,24). The van der Waals surface area contributed by atoms with Gasteiger partial charge < -0.3 is 15.4 Å². The van der Waals surface area contributed by atoms with Crippen LogP contribution < -0.4 is 15.4 Å². The van der Waals surface area contributed by atoms with Crippen molar-refractivity contribution in [2.24, 2.45) is 0 Å². The summed E-state index contributed by atoms with van der Waals surface area (Å²) in [5, 5.41) is 5.74. The average Bonchev–Trinajstić information content (AvgIpc) is 2.56. The lowest BCUT2D eigenvalue weighted by Crippen LogP contribution is -2.21. The number of carbonyl (C=O) groups is 2. The zero-order valence-electron chi connectivity index (χ0n) is 13.2. The molecule has 1 aliphatic rings. The van der Waals surface area contributed by atoms with E-state index in [1.807, 2.05) is 18.2 Å². The number of fused-ring (bicyclic) bond motifs is 1. The summed E-state index contributed by atoms with van der Waals surface area (Å²) in [6.45, 7) is 1.59. The highest BCUT2D eigenvalue weighted by Gasteiger charge is 2.18. The molecule has 0 aromatic heterocycles. The summed E-state index contributed by atoms with van der Waals surface area (Å²) in [6.07, 6.45) is 1.80. The second-order valence-electron chi connectivity index (χ2n) is 5.47. The van der Waals surface area contributed by atoms with E-state index in [-0.39, 0.29) is 18.4 Å². The number of anilines is 2. The fourth-order valence-electron chi connectivity index (χ4n) is 2.37. The van der Waals surface area contributed by atoms with Crippen LogP contribution in [0.25, 0.3) is 6.08 Å². The zero-order valence-corrected chi connectivity index (χ0v) is 15.6. The van der Waals surface area contributed by atoms with E-state index in [9.17, 15) is 9.59 Å². The van der Waals surface area contributed by atoms with Crippen LogP contribution in [0.5, 0.6) is 5.75 Å². The third-order valence-corrected chi connectivity index (χ3v) is 4.32. The normalized spacial score (nSPS) is 12.5. The van der Waals surface area contributed by atoms with Crippen molar-refractivity contribution in [3.63, 3.8) is 0 Å². The van der Waals surface area contributed by atoms with E-state index in [0.29, 0.717) is 22.0 Å². The number of amides is 2. The SMILES string of the molecule is CC(=O)Nc1ccc(NC(=O)C2=Cc3cc(Br)ccc3OC2)cc1Cl.